The molecular weight excluding hydrogens is 384 g/mol. The maximum Gasteiger partial charge on any atom is 0.282 e. The van der Waals surface area contributed by atoms with E-state index in [1.54, 1.807) is 24.3 Å². The number of rotatable bonds is 3. The number of piperidine rings is 1. The van der Waals surface area contributed by atoms with Crippen molar-refractivity contribution in [1.29, 1.82) is 0 Å². The second-order valence-electron chi connectivity index (χ2n) is 8.11. The molecular formula is C24H25ClN2O2. The van der Waals surface area contributed by atoms with Crippen LogP contribution in [0.15, 0.2) is 48.2 Å². The number of amides is 2. The van der Waals surface area contributed by atoms with Gasteiger partial charge in [0.05, 0.1) is 16.3 Å². The van der Waals surface area contributed by atoms with Crippen molar-refractivity contribution >= 4 is 34.7 Å². The number of hydrogen-bond donors (Lipinski definition) is 0. The minimum absolute atomic E-state index is 0.285. The van der Waals surface area contributed by atoms with Gasteiger partial charge in [-0.25, -0.2) is 4.90 Å². The zero-order valence-electron chi connectivity index (χ0n) is 17.0. The van der Waals surface area contributed by atoms with Crippen LogP contribution < -0.4 is 4.90 Å². The second kappa shape index (κ2) is 7.68. The number of nitrogens with zero attached hydrogens (tertiary/aromatic N) is 2. The highest BCUT2D eigenvalue weighted by molar-refractivity contribution is 6.47. The van der Waals surface area contributed by atoms with Crippen LogP contribution in [0, 0.1) is 19.8 Å². The molecule has 1 saturated heterocycles. The van der Waals surface area contributed by atoms with E-state index in [9.17, 15) is 9.59 Å². The van der Waals surface area contributed by atoms with Crippen LogP contribution in [0.1, 0.15) is 36.5 Å². The number of aryl methyl sites for hydroxylation is 2. The van der Waals surface area contributed by atoms with E-state index in [4.69, 9.17) is 11.6 Å². The molecule has 1 fully saturated rings. The molecule has 0 N–H and O–H groups in total. The standard InChI is InChI=1S/C24H25ClN2O2/c1-15-10-12-26(13-11-15)22-21(18-9-8-16(2)14-17(18)3)23(28)27(24(22)29)20-7-5-4-6-19(20)25/h4-9,14-15H,10-13H2,1-3H3. The molecule has 4 nitrogen and oxygen atoms in total. The van der Waals surface area contributed by atoms with Gasteiger partial charge in [0.1, 0.15) is 5.70 Å². The Bertz CT molecular complexity index is 1020. The van der Waals surface area contributed by atoms with Crippen LogP contribution in [-0.2, 0) is 9.59 Å². The van der Waals surface area contributed by atoms with Gasteiger partial charge in [-0.3, -0.25) is 9.59 Å². The van der Waals surface area contributed by atoms with Crippen molar-refractivity contribution in [3.05, 3.63) is 69.9 Å². The first-order chi connectivity index (χ1) is 13.9. The van der Waals surface area contributed by atoms with Crippen LogP contribution in [-0.4, -0.2) is 29.8 Å². The number of benzene rings is 2. The first-order valence-electron chi connectivity index (χ1n) is 10.1. The maximum atomic E-state index is 13.6. The van der Waals surface area contributed by atoms with Gasteiger partial charge in [0, 0.05) is 13.1 Å². The van der Waals surface area contributed by atoms with Gasteiger partial charge in [-0.05, 0) is 55.9 Å². The summed E-state index contributed by atoms with van der Waals surface area (Å²) in [5.74, 6) is 0.0413. The topological polar surface area (TPSA) is 40.6 Å². The predicted molar refractivity (Wildman–Crippen MR) is 117 cm³/mol. The summed E-state index contributed by atoms with van der Waals surface area (Å²) in [4.78, 5) is 30.5. The number of para-hydroxylation sites is 1. The van der Waals surface area contributed by atoms with Crippen LogP contribution in [0.2, 0.25) is 5.02 Å². The quantitative estimate of drug-likeness (QED) is 0.673. The number of likely N-dealkylation sites (tertiary alicyclic amines) is 1. The Labute approximate surface area is 176 Å². The van der Waals surface area contributed by atoms with Crippen LogP contribution in [0.4, 0.5) is 5.69 Å². The van der Waals surface area contributed by atoms with Gasteiger partial charge in [-0.2, -0.15) is 0 Å². The van der Waals surface area contributed by atoms with Gasteiger partial charge < -0.3 is 4.90 Å². The largest absolute Gasteiger partial charge is 0.366 e. The van der Waals surface area contributed by atoms with Crippen molar-refractivity contribution < 1.29 is 9.59 Å². The lowest BCUT2D eigenvalue weighted by atomic mass is 9.95. The highest BCUT2D eigenvalue weighted by Crippen LogP contribution is 2.39. The summed E-state index contributed by atoms with van der Waals surface area (Å²) in [6.45, 7) is 7.80. The van der Waals surface area contributed by atoms with Crippen LogP contribution in [0.3, 0.4) is 0 Å². The van der Waals surface area contributed by atoms with Crippen LogP contribution >= 0.6 is 11.6 Å². The van der Waals surface area contributed by atoms with Gasteiger partial charge in [-0.15, -0.1) is 0 Å². The summed E-state index contributed by atoms with van der Waals surface area (Å²) in [6, 6.07) is 13.0. The van der Waals surface area contributed by atoms with E-state index in [1.807, 2.05) is 32.0 Å². The molecule has 150 valence electrons. The molecule has 0 radical (unpaired) electrons. The minimum Gasteiger partial charge on any atom is -0.366 e. The highest BCUT2D eigenvalue weighted by atomic mass is 35.5. The zero-order valence-corrected chi connectivity index (χ0v) is 17.8. The Morgan fingerprint density at radius 1 is 0.966 bits per heavy atom. The molecule has 2 aromatic carbocycles. The molecule has 2 aliphatic heterocycles. The van der Waals surface area contributed by atoms with Crippen molar-refractivity contribution in [2.24, 2.45) is 5.92 Å². The zero-order chi connectivity index (χ0) is 20.7. The molecule has 0 saturated carbocycles. The summed E-state index contributed by atoms with van der Waals surface area (Å²) < 4.78 is 0. The number of imide groups is 1. The van der Waals surface area contributed by atoms with E-state index in [2.05, 4.69) is 11.8 Å². The normalized spacial score (nSPS) is 18.2. The summed E-state index contributed by atoms with van der Waals surface area (Å²) in [5.41, 5.74) is 4.37. The number of carbonyl (C=O) groups is 2. The average molecular weight is 409 g/mol. The minimum atomic E-state index is -0.302. The van der Waals surface area contributed by atoms with Crippen molar-refractivity contribution in [2.45, 2.75) is 33.6 Å². The Kier molecular flexibility index (Phi) is 5.22. The molecule has 29 heavy (non-hydrogen) atoms. The van der Waals surface area contributed by atoms with Crippen LogP contribution in [0.5, 0.6) is 0 Å². The monoisotopic (exact) mass is 408 g/mol. The maximum absolute atomic E-state index is 13.6. The van der Waals surface area contributed by atoms with Gasteiger partial charge in [0.15, 0.2) is 0 Å². The van der Waals surface area contributed by atoms with E-state index < -0.39 is 0 Å². The fourth-order valence-electron chi connectivity index (χ4n) is 4.23. The fourth-order valence-corrected chi connectivity index (χ4v) is 4.45. The first-order valence-corrected chi connectivity index (χ1v) is 10.5. The van der Waals surface area contributed by atoms with E-state index in [1.165, 1.54) is 4.90 Å². The summed E-state index contributed by atoms with van der Waals surface area (Å²) in [7, 11) is 0. The molecule has 2 amide bonds. The van der Waals surface area contributed by atoms with Gasteiger partial charge in [-0.1, -0.05) is 54.4 Å². The molecule has 4 rings (SSSR count). The van der Waals surface area contributed by atoms with E-state index in [0.29, 0.717) is 27.9 Å². The third-order valence-electron chi connectivity index (χ3n) is 5.90. The molecule has 0 aromatic heterocycles. The number of carbonyl (C=O) groups excluding carboxylic acids is 2. The number of hydrogen-bond acceptors (Lipinski definition) is 3. The molecule has 0 aliphatic carbocycles. The average Bonchev–Trinajstić information content (AvgIpc) is 2.94. The Hall–Kier alpha value is -2.59. The lowest BCUT2D eigenvalue weighted by molar-refractivity contribution is -0.120. The van der Waals surface area contributed by atoms with Crippen molar-refractivity contribution in [3.63, 3.8) is 0 Å². The molecule has 2 aliphatic rings. The van der Waals surface area contributed by atoms with E-state index in [0.717, 1.165) is 42.6 Å². The lowest BCUT2D eigenvalue weighted by Gasteiger charge is -2.32. The first kappa shape index (κ1) is 19.7. The molecule has 2 heterocycles. The SMILES string of the molecule is Cc1ccc(C2=C(N3CCC(C)CC3)C(=O)N(c3ccccc3Cl)C2=O)c(C)c1. The molecule has 0 unspecified atom stereocenters. The molecule has 2 aromatic rings. The van der Waals surface area contributed by atoms with Gasteiger partial charge in [0.25, 0.3) is 11.8 Å². The Morgan fingerprint density at radius 3 is 2.31 bits per heavy atom. The lowest BCUT2D eigenvalue weighted by Crippen LogP contribution is -2.38. The number of anilines is 1. The van der Waals surface area contributed by atoms with Crippen molar-refractivity contribution in [3.8, 4) is 0 Å². The van der Waals surface area contributed by atoms with Gasteiger partial charge in [0.2, 0.25) is 0 Å². The Morgan fingerprint density at radius 2 is 1.66 bits per heavy atom. The van der Waals surface area contributed by atoms with E-state index in [-0.39, 0.29) is 11.8 Å². The van der Waals surface area contributed by atoms with E-state index >= 15 is 0 Å². The van der Waals surface area contributed by atoms with Crippen LogP contribution in [0.25, 0.3) is 5.57 Å². The third-order valence-corrected chi connectivity index (χ3v) is 6.22. The molecule has 0 bridgehead atoms. The third kappa shape index (κ3) is 3.46. The molecule has 0 atom stereocenters. The Balaban J connectivity index is 1.86. The van der Waals surface area contributed by atoms with Crippen molar-refractivity contribution in [1.82, 2.24) is 4.90 Å². The number of halogens is 1. The fraction of sp³-hybridized carbons (Fsp3) is 0.333. The van der Waals surface area contributed by atoms with Crippen molar-refractivity contribution in [2.75, 3.05) is 18.0 Å². The predicted octanol–water partition coefficient (Wildman–Crippen LogP) is 4.97. The smallest absolute Gasteiger partial charge is 0.282 e. The summed E-state index contributed by atoms with van der Waals surface area (Å²) in [6.07, 6.45) is 2.02. The van der Waals surface area contributed by atoms with Gasteiger partial charge >= 0.3 is 0 Å². The molecule has 5 heteroatoms. The molecule has 0 spiro atoms. The summed E-state index contributed by atoms with van der Waals surface area (Å²) in [5, 5.41) is 0.391. The summed E-state index contributed by atoms with van der Waals surface area (Å²) >= 11 is 6.36. The highest BCUT2D eigenvalue weighted by Gasteiger charge is 2.43. The second-order valence-corrected chi connectivity index (χ2v) is 8.52.